The second kappa shape index (κ2) is 5.84. The summed E-state index contributed by atoms with van der Waals surface area (Å²) in [7, 11) is 0. The molecular weight excluding hydrogens is 294 g/mol. The zero-order valence-electron chi connectivity index (χ0n) is 12.3. The van der Waals surface area contributed by atoms with Gasteiger partial charge in [0, 0.05) is 5.56 Å². The fourth-order valence-electron chi connectivity index (χ4n) is 2.41. The zero-order valence-corrected chi connectivity index (χ0v) is 12.3. The van der Waals surface area contributed by atoms with E-state index in [-0.39, 0.29) is 11.3 Å². The fourth-order valence-corrected chi connectivity index (χ4v) is 2.41. The van der Waals surface area contributed by atoms with Gasteiger partial charge in [0.15, 0.2) is 12.0 Å². The first-order valence-electron chi connectivity index (χ1n) is 6.92. The molecule has 0 aliphatic rings. The predicted molar refractivity (Wildman–Crippen MR) is 83.9 cm³/mol. The summed E-state index contributed by atoms with van der Waals surface area (Å²) in [5.41, 5.74) is 3.21. The third-order valence-electron chi connectivity index (χ3n) is 3.55. The van der Waals surface area contributed by atoms with Gasteiger partial charge in [-0.1, -0.05) is 35.5 Å². The monoisotopic (exact) mass is 307 g/mol. The molecule has 0 unspecified atom stereocenters. The third-order valence-corrected chi connectivity index (χ3v) is 3.55. The van der Waals surface area contributed by atoms with E-state index in [0.29, 0.717) is 17.7 Å². The molecule has 0 bridgehead atoms. The van der Waals surface area contributed by atoms with Crippen molar-refractivity contribution in [2.75, 3.05) is 0 Å². The summed E-state index contributed by atoms with van der Waals surface area (Å²) in [5, 5.41) is 17.1. The van der Waals surface area contributed by atoms with Gasteiger partial charge in [-0.15, -0.1) is 5.10 Å². The highest BCUT2D eigenvalue weighted by atomic mass is 16.4. The average molecular weight is 307 g/mol. The van der Waals surface area contributed by atoms with Crippen LogP contribution < -0.4 is 0 Å². The van der Waals surface area contributed by atoms with Crippen LogP contribution in [-0.4, -0.2) is 32.4 Å². The molecule has 6 nitrogen and oxygen atoms in total. The topological polar surface area (TPSA) is 85.1 Å². The van der Waals surface area contributed by atoms with E-state index in [9.17, 15) is 9.59 Å². The van der Waals surface area contributed by atoms with E-state index in [1.54, 1.807) is 12.1 Å². The molecule has 1 aromatic heterocycles. The van der Waals surface area contributed by atoms with Gasteiger partial charge >= 0.3 is 5.97 Å². The van der Waals surface area contributed by atoms with Crippen molar-refractivity contribution in [3.63, 3.8) is 0 Å². The molecular formula is C17H13N3O3. The zero-order chi connectivity index (χ0) is 16.4. The van der Waals surface area contributed by atoms with Gasteiger partial charge in [0.05, 0.1) is 11.3 Å². The third kappa shape index (κ3) is 2.62. The van der Waals surface area contributed by atoms with Gasteiger partial charge < -0.3 is 5.11 Å². The van der Waals surface area contributed by atoms with Gasteiger partial charge in [-0.25, -0.2) is 9.48 Å². The van der Waals surface area contributed by atoms with Gasteiger partial charge in [0.25, 0.3) is 0 Å². The van der Waals surface area contributed by atoms with Crippen LogP contribution in [0.25, 0.3) is 16.9 Å². The van der Waals surface area contributed by atoms with Gasteiger partial charge in [-0.2, -0.15) is 0 Å². The van der Waals surface area contributed by atoms with Crippen LogP contribution in [0.15, 0.2) is 48.5 Å². The quantitative estimate of drug-likeness (QED) is 0.749. The van der Waals surface area contributed by atoms with Gasteiger partial charge in [0.1, 0.15) is 5.69 Å². The Hall–Kier alpha value is -3.28. The summed E-state index contributed by atoms with van der Waals surface area (Å²) in [6, 6.07) is 13.9. The number of nitrogens with zero attached hydrogens (tertiary/aromatic N) is 3. The first-order valence-corrected chi connectivity index (χ1v) is 6.92. The molecule has 23 heavy (non-hydrogen) atoms. The number of rotatable bonds is 4. The Morgan fingerprint density at radius 2 is 1.96 bits per heavy atom. The van der Waals surface area contributed by atoms with E-state index in [1.165, 1.54) is 16.8 Å². The van der Waals surface area contributed by atoms with Crippen molar-refractivity contribution < 1.29 is 14.7 Å². The van der Waals surface area contributed by atoms with Gasteiger partial charge in [-0.05, 0) is 30.7 Å². The second-order valence-electron chi connectivity index (χ2n) is 5.02. The van der Waals surface area contributed by atoms with Crippen LogP contribution in [0.1, 0.15) is 26.4 Å². The maximum atomic E-state index is 11.3. The molecule has 3 aromatic rings. The molecule has 0 spiro atoms. The Morgan fingerprint density at radius 3 is 2.65 bits per heavy atom. The number of carboxylic acid groups (broad SMARTS) is 1. The number of aldehydes is 1. The molecule has 0 saturated carbocycles. The molecule has 2 aromatic carbocycles. The number of carbonyl (C=O) groups is 2. The fraction of sp³-hybridized carbons (Fsp3) is 0.0588. The Morgan fingerprint density at radius 1 is 1.17 bits per heavy atom. The summed E-state index contributed by atoms with van der Waals surface area (Å²) in [6.07, 6.45) is 0.645. The molecule has 114 valence electrons. The number of hydrogen-bond donors (Lipinski definition) is 1. The number of carboxylic acids is 1. The lowest BCUT2D eigenvalue weighted by molar-refractivity contribution is 0.0696. The molecule has 1 heterocycles. The minimum atomic E-state index is -1.03. The first kappa shape index (κ1) is 14.6. The molecule has 0 amide bonds. The number of aryl methyl sites for hydroxylation is 1. The summed E-state index contributed by atoms with van der Waals surface area (Å²) in [4.78, 5) is 22.5. The van der Waals surface area contributed by atoms with Crippen molar-refractivity contribution in [1.82, 2.24) is 15.0 Å². The van der Waals surface area contributed by atoms with Crippen LogP contribution in [-0.2, 0) is 0 Å². The molecule has 0 atom stereocenters. The highest BCUT2D eigenvalue weighted by Crippen LogP contribution is 2.27. The van der Waals surface area contributed by atoms with Crippen LogP contribution in [0, 0.1) is 6.92 Å². The molecule has 0 aliphatic carbocycles. The molecule has 6 heteroatoms. The Labute approximate surface area is 132 Å². The smallest absolute Gasteiger partial charge is 0.335 e. The molecule has 1 N–H and O–H groups in total. The van der Waals surface area contributed by atoms with E-state index in [1.807, 2.05) is 31.2 Å². The molecule has 0 saturated heterocycles. The highest BCUT2D eigenvalue weighted by molar-refractivity contribution is 5.89. The van der Waals surface area contributed by atoms with Crippen molar-refractivity contribution in [3.05, 3.63) is 65.4 Å². The van der Waals surface area contributed by atoms with Crippen LogP contribution >= 0.6 is 0 Å². The van der Waals surface area contributed by atoms with E-state index >= 15 is 0 Å². The van der Waals surface area contributed by atoms with Crippen molar-refractivity contribution >= 4 is 12.3 Å². The van der Waals surface area contributed by atoms with E-state index in [0.717, 1.165) is 11.1 Å². The molecule has 0 radical (unpaired) electrons. The summed E-state index contributed by atoms with van der Waals surface area (Å²) < 4.78 is 1.48. The van der Waals surface area contributed by atoms with E-state index < -0.39 is 5.97 Å². The van der Waals surface area contributed by atoms with Gasteiger partial charge in [-0.3, -0.25) is 4.79 Å². The highest BCUT2D eigenvalue weighted by Gasteiger charge is 2.18. The summed E-state index contributed by atoms with van der Waals surface area (Å²) in [5.74, 6) is -1.03. The van der Waals surface area contributed by atoms with Crippen LogP contribution in [0.2, 0.25) is 0 Å². The van der Waals surface area contributed by atoms with Gasteiger partial charge in [0.2, 0.25) is 0 Å². The number of hydrogen-bond acceptors (Lipinski definition) is 4. The standard InChI is InChI=1S/C17H13N3O3/c1-11-5-2-3-8-14(11)16-15(10-21)18-19-20(16)13-7-4-6-12(9-13)17(22)23/h2-10H,1H3,(H,22,23). The Bertz CT molecular complexity index is 900. The largest absolute Gasteiger partial charge is 0.478 e. The van der Waals surface area contributed by atoms with Crippen molar-refractivity contribution in [1.29, 1.82) is 0 Å². The molecule has 0 fully saturated rings. The number of aromatic nitrogens is 3. The van der Waals surface area contributed by atoms with Crippen molar-refractivity contribution in [2.45, 2.75) is 6.92 Å². The van der Waals surface area contributed by atoms with Crippen LogP contribution in [0.3, 0.4) is 0 Å². The minimum Gasteiger partial charge on any atom is -0.478 e. The summed E-state index contributed by atoms with van der Waals surface area (Å²) >= 11 is 0. The maximum Gasteiger partial charge on any atom is 0.335 e. The summed E-state index contributed by atoms with van der Waals surface area (Å²) in [6.45, 7) is 1.93. The maximum absolute atomic E-state index is 11.3. The minimum absolute atomic E-state index is 0.140. The van der Waals surface area contributed by atoms with Crippen molar-refractivity contribution in [3.8, 4) is 16.9 Å². The number of carbonyl (C=O) groups excluding carboxylic acids is 1. The van der Waals surface area contributed by atoms with Crippen molar-refractivity contribution in [2.24, 2.45) is 0 Å². The predicted octanol–water partition coefficient (Wildman–Crippen LogP) is 2.75. The van der Waals surface area contributed by atoms with Crippen LogP contribution in [0.5, 0.6) is 0 Å². The first-order chi connectivity index (χ1) is 11.1. The van der Waals surface area contributed by atoms with E-state index in [2.05, 4.69) is 10.3 Å². The Kier molecular flexibility index (Phi) is 3.72. The lowest BCUT2D eigenvalue weighted by Crippen LogP contribution is -2.03. The molecule has 0 aliphatic heterocycles. The number of aromatic carboxylic acids is 1. The Balaban J connectivity index is 2.24. The second-order valence-corrected chi connectivity index (χ2v) is 5.02. The normalized spacial score (nSPS) is 10.5. The lowest BCUT2D eigenvalue weighted by Gasteiger charge is -2.10. The lowest BCUT2D eigenvalue weighted by atomic mass is 10.0. The average Bonchev–Trinajstić information content (AvgIpc) is 2.99. The van der Waals surface area contributed by atoms with Crippen LogP contribution in [0.4, 0.5) is 0 Å². The number of benzene rings is 2. The van der Waals surface area contributed by atoms with E-state index in [4.69, 9.17) is 5.11 Å². The molecule has 3 rings (SSSR count). The SMILES string of the molecule is Cc1ccccc1-c1c(C=O)nnn1-c1cccc(C(=O)O)c1.